The highest BCUT2D eigenvalue weighted by atomic mass is 16.2. The van der Waals surface area contributed by atoms with E-state index in [1.54, 1.807) is 0 Å². The maximum Gasteiger partial charge on any atom is 0.231 e. The van der Waals surface area contributed by atoms with Gasteiger partial charge >= 0.3 is 0 Å². The Labute approximate surface area is 107 Å². The zero-order valence-electron chi connectivity index (χ0n) is 10.4. The summed E-state index contributed by atoms with van der Waals surface area (Å²) in [6.07, 6.45) is 4.23. The molecule has 0 radical (unpaired) electrons. The Morgan fingerprint density at radius 3 is 2.83 bits per heavy atom. The van der Waals surface area contributed by atoms with Crippen molar-refractivity contribution in [3.8, 4) is 0 Å². The third-order valence-electron chi connectivity index (χ3n) is 4.01. The maximum atomic E-state index is 12.0. The molecule has 1 aromatic carbocycles. The van der Waals surface area contributed by atoms with Gasteiger partial charge in [0.05, 0.1) is 6.42 Å². The molecule has 1 aliphatic heterocycles. The van der Waals surface area contributed by atoms with Gasteiger partial charge in [-0.1, -0.05) is 24.6 Å². The van der Waals surface area contributed by atoms with Gasteiger partial charge in [0.15, 0.2) is 0 Å². The monoisotopic (exact) mass is 243 g/mol. The molecule has 0 aromatic heterocycles. The molecule has 1 fully saturated rings. The number of nitrogens with zero attached hydrogens (tertiary/aromatic N) is 1. The predicted molar refractivity (Wildman–Crippen MR) is 69.5 cm³/mol. The van der Waals surface area contributed by atoms with E-state index in [1.807, 2.05) is 29.2 Å². The molecule has 1 aromatic rings. The normalized spacial score (nSPS) is 23.3. The quantitative estimate of drug-likeness (QED) is 0.799. The van der Waals surface area contributed by atoms with E-state index >= 15 is 0 Å². The molecule has 1 heterocycles. The molecule has 2 aliphatic rings. The van der Waals surface area contributed by atoms with E-state index in [0.29, 0.717) is 25.2 Å². The van der Waals surface area contributed by atoms with Gasteiger partial charge < -0.3 is 4.90 Å². The smallest absolute Gasteiger partial charge is 0.231 e. The predicted octanol–water partition coefficient (Wildman–Crippen LogP) is 2.34. The number of carbonyl (C=O) groups excluding carboxylic acids is 2. The summed E-state index contributed by atoms with van der Waals surface area (Å²) >= 11 is 0. The fourth-order valence-corrected chi connectivity index (χ4v) is 2.99. The summed E-state index contributed by atoms with van der Waals surface area (Å²) in [7, 11) is 0. The van der Waals surface area contributed by atoms with E-state index in [4.69, 9.17) is 0 Å². The first-order valence-corrected chi connectivity index (χ1v) is 6.66. The second-order valence-electron chi connectivity index (χ2n) is 5.22. The fraction of sp³-hybridized carbons (Fsp3) is 0.467. The summed E-state index contributed by atoms with van der Waals surface area (Å²) in [4.78, 5) is 25.7. The first-order chi connectivity index (χ1) is 8.75. The molecule has 0 spiro atoms. The summed E-state index contributed by atoms with van der Waals surface area (Å²) < 4.78 is 0. The van der Waals surface area contributed by atoms with Gasteiger partial charge in [-0.25, -0.2) is 0 Å². The van der Waals surface area contributed by atoms with E-state index in [0.717, 1.165) is 30.5 Å². The maximum absolute atomic E-state index is 12.0. The molecular weight excluding hydrogens is 226 g/mol. The Bertz CT molecular complexity index is 495. The van der Waals surface area contributed by atoms with Crippen molar-refractivity contribution in [1.82, 2.24) is 0 Å². The van der Waals surface area contributed by atoms with E-state index in [9.17, 15) is 9.59 Å². The lowest BCUT2D eigenvalue weighted by Gasteiger charge is -2.26. The van der Waals surface area contributed by atoms with E-state index < -0.39 is 0 Å². The van der Waals surface area contributed by atoms with Crippen LogP contribution in [-0.4, -0.2) is 18.2 Å². The number of ketones is 1. The molecule has 3 heteroatoms. The largest absolute Gasteiger partial charge is 0.311 e. The first kappa shape index (κ1) is 11.5. The molecule has 18 heavy (non-hydrogen) atoms. The number of benzene rings is 1. The standard InChI is InChI=1S/C15H17NO2/c17-14-8-4-2-6-12(14)10-16-13-7-3-1-5-11(13)9-15(16)18/h1,3,5,7,12H,2,4,6,8-10H2. The topological polar surface area (TPSA) is 37.4 Å². The van der Waals surface area contributed by atoms with Gasteiger partial charge in [-0.15, -0.1) is 0 Å². The van der Waals surface area contributed by atoms with Crippen LogP contribution in [0.15, 0.2) is 24.3 Å². The van der Waals surface area contributed by atoms with Gasteiger partial charge in [0.2, 0.25) is 5.91 Å². The molecule has 94 valence electrons. The Morgan fingerprint density at radius 2 is 2.00 bits per heavy atom. The number of para-hydroxylation sites is 1. The van der Waals surface area contributed by atoms with Crippen molar-refractivity contribution in [3.05, 3.63) is 29.8 Å². The van der Waals surface area contributed by atoms with E-state index in [1.165, 1.54) is 0 Å². The average Bonchev–Trinajstić information content (AvgIpc) is 2.69. The van der Waals surface area contributed by atoms with Crippen LogP contribution in [0.1, 0.15) is 31.2 Å². The molecule has 1 atom stereocenters. The van der Waals surface area contributed by atoms with Gasteiger partial charge in [-0.3, -0.25) is 9.59 Å². The summed E-state index contributed by atoms with van der Waals surface area (Å²) in [5.74, 6) is 0.516. The number of amides is 1. The Kier molecular flexibility index (Phi) is 2.90. The number of hydrogen-bond acceptors (Lipinski definition) is 2. The molecular formula is C15H17NO2. The van der Waals surface area contributed by atoms with Gasteiger partial charge in [0.1, 0.15) is 5.78 Å². The van der Waals surface area contributed by atoms with Gasteiger partial charge in [-0.05, 0) is 24.5 Å². The zero-order valence-corrected chi connectivity index (χ0v) is 10.4. The van der Waals surface area contributed by atoms with Crippen LogP contribution in [0, 0.1) is 5.92 Å². The van der Waals surface area contributed by atoms with Gasteiger partial charge in [0.25, 0.3) is 0 Å². The van der Waals surface area contributed by atoms with E-state index in [2.05, 4.69) is 0 Å². The molecule has 1 saturated carbocycles. The van der Waals surface area contributed by atoms with Crippen LogP contribution < -0.4 is 4.90 Å². The lowest BCUT2D eigenvalue weighted by molar-refractivity contribution is -0.124. The van der Waals surface area contributed by atoms with Crippen LogP contribution in [0.2, 0.25) is 0 Å². The SMILES string of the molecule is O=C1CCCCC1CN1C(=O)Cc2ccccc21. The fourth-order valence-electron chi connectivity index (χ4n) is 2.99. The molecule has 0 saturated heterocycles. The lowest BCUT2D eigenvalue weighted by Crippen LogP contribution is -2.36. The molecule has 3 nitrogen and oxygen atoms in total. The summed E-state index contributed by atoms with van der Waals surface area (Å²) in [6, 6.07) is 7.89. The van der Waals surface area contributed by atoms with Crippen LogP contribution >= 0.6 is 0 Å². The molecule has 1 amide bonds. The Hall–Kier alpha value is -1.64. The average molecular weight is 243 g/mol. The molecule has 0 bridgehead atoms. The third kappa shape index (κ3) is 1.94. The van der Waals surface area contributed by atoms with Crippen molar-refractivity contribution in [2.24, 2.45) is 5.92 Å². The van der Waals surface area contributed by atoms with E-state index in [-0.39, 0.29) is 11.8 Å². The van der Waals surface area contributed by atoms with Crippen LogP contribution in [0.5, 0.6) is 0 Å². The minimum atomic E-state index is 0.0499. The minimum Gasteiger partial charge on any atom is -0.311 e. The van der Waals surface area contributed by atoms with Crippen LogP contribution in [0.25, 0.3) is 0 Å². The lowest BCUT2D eigenvalue weighted by atomic mass is 9.87. The van der Waals surface area contributed by atoms with Crippen LogP contribution in [-0.2, 0) is 16.0 Å². The van der Waals surface area contributed by atoms with Crippen LogP contribution in [0.3, 0.4) is 0 Å². The highest BCUT2D eigenvalue weighted by Gasteiger charge is 2.31. The highest BCUT2D eigenvalue weighted by molar-refractivity contribution is 6.02. The van der Waals surface area contributed by atoms with Crippen molar-refractivity contribution in [1.29, 1.82) is 0 Å². The summed E-state index contributed by atoms with van der Waals surface area (Å²) in [6.45, 7) is 0.578. The summed E-state index contributed by atoms with van der Waals surface area (Å²) in [5, 5.41) is 0. The number of carbonyl (C=O) groups is 2. The number of Topliss-reactive ketones (excluding diaryl/α,β-unsaturated/α-hetero) is 1. The second-order valence-corrected chi connectivity index (χ2v) is 5.22. The van der Waals surface area contributed by atoms with Crippen LogP contribution in [0.4, 0.5) is 5.69 Å². The minimum absolute atomic E-state index is 0.0499. The van der Waals surface area contributed by atoms with Crippen molar-refractivity contribution in [2.45, 2.75) is 32.1 Å². The highest BCUT2D eigenvalue weighted by Crippen LogP contribution is 2.31. The zero-order chi connectivity index (χ0) is 12.5. The Balaban J connectivity index is 1.80. The van der Waals surface area contributed by atoms with Gasteiger partial charge in [0, 0.05) is 24.6 Å². The second kappa shape index (κ2) is 4.56. The third-order valence-corrected chi connectivity index (χ3v) is 4.01. The van der Waals surface area contributed by atoms with Crippen molar-refractivity contribution in [3.63, 3.8) is 0 Å². The Morgan fingerprint density at radius 1 is 1.17 bits per heavy atom. The molecule has 1 unspecified atom stereocenters. The number of anilines is 1. The molecule has 3 rings (SSSR count). The summed E-state index contributed by atoms with van der Waals surface area (Å²) in [5.41, 5.74) is 2.09. The van der Waals surface area contributed by atoms with Gasteiger partial charge in [-0.2, -0.15) is 0 Å². The number of rotatable bonds is 2. The van der Waals surface area contributed by atoms with Crippen molar-refractivity contribution in [2.75, 3.05) is 11.4 Å². The van der Waals surface area contributed by atoms with Crippen molar-refractivity contribution >= 4 is 17.4 Å². The first-order valence-electron chi connectivity index (χ1n) is 6.66. The molecule has 0 N–H and O–H groups in total. The number of hydrogen-bond donors (Lipinski definition) is 0. The molecule has 1 aliphatic carbocycles. The number of fused-ring (bicyclic) bond motifs is 1. The van der Waals surface area contributed by atoms with Crippen molar-refractivity contribution < 1.29 is 9.59 Å².